The number of nitrogens with two attached hydrogens (primary N) is 1. The summed E-state index contributed by atoms with van der Waals surface area (Å²) in [6, 6.07) is 2.96. The second kappa shape index (κ2) is 3.17. The van der Waals surface area contributed by atoms with E-state index in [1.807, 2.05) is 0 Å². The van der Waals surface area contributed by atoms with E-state index in [4.69, 9.17) is 21.9 Å². The van der Waals surface area contributed by atoms with E-state index < -0.39 is 10.1 Å². The zero-order chi connectivity index (χ0) is 10.2. The van der Waals surface area contributed by atoms with Crippen molar-refractivity contribution in [2.75, 3.05) is 5.73 Å². The number of benzene rings is 1. The highest BCUT2D eigenvalue weighted by Crippen LogP contribution is 2.29. The van der Waals surface area contributed by atoms with Crippen LogP contribution in [0.3, 0.4) is 0 Å². The van der Waals surface area contributed by atoms with Gasteiger partial charge < -0.3 is 5.73 Å². The molecule has 0 atom stereocenters. The van der Waals surface area contributed by atoms with E-state index in [2.05, 4.69) is 0 Å². The first-order valence-corrected chi connectivity index (χ1v) is 5.18. The van der Waals surface area contributed by atoms with Crippen LogP contribution < -0.4 is 5.73 Å². The number of hydrogen-bond donors (Lipinski definition) is 2. The predicted molar refractivity (Wildman–Crippen MR) is 50.4 cm³/mol. The minimum atomic E-state index is -4.30. The van der Waals surface area contributed by atoms with Crippen molar-refractivity contribution in [3.05, 3.63) is 22.7 Å². The van der Waals surface area contributed by atoms with Crippen molar-refractivity contribution >= 4 is 27.4 Å². The molecule has 0 aliphatic carbocycles. The summed E-state index contributed by atoms with van der Waals surface area (Å²) in [6.45, 7) is 1.52. The standard InChI is InChI=1S/C7H8ClNO3S/c1-4-2-3-5(9)6(8)7(4)13(10,11)12/h2-3H,9H2,1H3,(H,10,11,12). The summed E-state index contributed by atoms with van der Waals surface area (Å²) >= 11 is 5.62. The molecular formula is C7H8ClNO3S. The number of anilines is 1. The molecule has 0 unspecified atom stereocenters. The van der Waals surface area contributed by atoms with Crippen LogP contribution in [0.15, 0.2) is 17.0 Å². The normalized spacial score (nSPS) is 11.6. The van der Waals surface area contributed by atoms with E-state index in [1.54, 1.807) is 0 Å². The Labute approximate surface area is 81.1 Å². The van der Waals surface area contributed by atoms with Gasteiger partial charge in [-0.1, -0.05) is 17.7 Å². The number of nitrogen functional groups attached to an aromatic ring is 1. The van der Waals surface area contributed by atoms with Crippen LogP contribution in [0.5, 0.6) is 0 Å². The molecule has 0 heterocycles. The first-order valence-electron chi connectivity index (χ1n) is 3.36. The summed E-state index contributed by atoms with van der Waals surface area (Å²) in [6.07, 6.45) is 0. The average molecular weight is 222 g/mol. The molecule has 1 aromatic carbocycles. The molecule has 6 heteroatoms. The topological polar surface area (TPSA) is 80.4 Å². The molecule has 0 aliphatic rings. The molecule has 0 aromatic heterocycles. The van der Waals surface area contributed by atoms with Crippen LogP contribution in [0.25, 0.3) is 0 Å². The lowest BCUT2D eigenvalue weighted by atomic mass is 10.2. The maximum absolute atomic E-state index is 10.8. The van der Waals surface area contributed by atoms with Crippen LogP contribution >= 0.6 is 11.6 Å². The fraction of sp³-hybridized carbons (Fsp3) is 0.143. The van der Waals surface area contributed by atoms with Crippen molar-refractivity contribution in [3.8, 4) is 0 Å². The van der Waals surface area contributed by atoms with Crippen molar-refractivity contribution in [3.63, 3.8) is 0 Å². The van der Waals surface area contributed by atoms with Crippen molar-refractivity contribution < 1.29 is 13.0 Å². The lowest BCUT2D eigenvalue weighted by Crippen LogP contribution is -2.03. The molecule has 1 aromatic rings. The van der Waals surface area contributed by atoms with Gasteiger partial charge in [-0.15, -0.1) is 0 Å². The van der Waals surface area contributed by atoms with Gasteiger partial charge in [-0.3, -0.25) is 4.55 Å². The summed E-state index contributed by atoms with van der Waals surface area (Å²) in [5, 5.41) is -0.137. The SMILES string of the molecule is Cc1ccc(N)c(Cl)c1S(=O)(=O)O. The molecule has 0 radical (unpaired) electrons. The maximum Gasteiger partial charge on any atom is 0.296 e. The molecule has 0 fully saturated rings. The Morgan fingerprint density at radius 3 is 2.38 bits per heavy atom. The zero-order valence-electron chi connectivity index (χ0n) is 6.78. The van der Waals surface area contributed by atoms with Gasteiger partial charge >= 0.3 is 0 Å². The molecule has 3 N–H and O–H groups in total. The van der Waals surface area contributed by atoms with E-state index in [1.165, 1.54) is 19.1 Å². The smallest absolute Gasteiger partial charge is 0.296 e. The van der Waals surface area contributed by atoms with Gasteiger partial charge in [-0.2, -0.15) is 8.42 Å². The van der Waals surface area contributed by atoms with Gasteiger partial charge in [0.1, 0.15) is 4.90 Å². The monoisotopic (exact) mass is 221 g/mol. The highest BCUT2D eigenvalue weighted by molar-refractivity contribution is 7.86. The van der Waals surface area contributed by atoms with Crippen molar-refractivity contribution in [2.45, 2.75) is 11.8 Å². The Morgan fingerprint density at radius 2 is 2.00 bits per heavy atom. The molecule has 0 spiro atoms. The molecule has 0 saturated carbocycles. The fourth-order valence-electron chi connectivity index (χ4n) is 0.985. The van der Waals surface area contributed by atoms with E-state index in [9.17, 15) is 8.42 Å². The van der Waals surface area contributed by atoms with Gasteiger partial charge in [0.25, 0.3) is 10.1 Å². The van der Waals surface area contributed by atoms with Crippen LogP contribution in [0.4, 0.5) is 5.69 Å². The number of halogens is 1. The average Bonchev–Trinajstić information content (AvgIpc) is 1.95. The van der Waals surface area contributed by atoms with Gasteiger partial charge in [0.05, 0.1) is 10.7 Å². The van der Waals surface area contributed by atoms with Crippen LogP contribution in [0.1, 0.15) is 5.56 Å². The third-order valence-corrected chi connectivity index (χ3v) is 3.14. The summed E-state index contributed by atoms with van der Waals surface area (Å²) in [5.74, 6) is 0. The van der Waals surface area contributed by atoms with Gasteiger partial charge in [0.15, 0.2) is 0 Å². The second-order valence-electron chi connectivity index (χ2n) is 2.59. The number of hydrogen-bond acceptors (Lipinski definition) is 3. The van der Waals surface area contributed by atoms with Crippen molar-refractivity contribution in [2.24, 2.45) is 0 Å². The Bertz CT molecular complexity index is 441. The van der Waals surface area contributed by atoms with Gasteiger partial charge in [0, 0.05) is 0 Å². The number of rotatable bonds is 1. The largest absolute Gasteiger partial charge is 0.397 e. The zero-order valence-corrected chi connectivity index (χ0v) is 8.35. The molecule has 72 valence electrons. The summed E-state index contributed by atoms with van der Waals surface area (Å²) in [7, 11) is -4.30. The summed E-state index contributed by atoms with van der Waals surface area (Å²) in [4.78, 5) is -0.325. The minimum absolute atomic E-state index is 0.125. The summed E-state index contributed by atoms with van der Waals surface area (Å²) in [5.41, 5.74) is 5.87. The highest BCUT2D eigenvalue weighted by atomic mass is 35.5. The summed E-state index contributed by atoms with van der Waals surface area (Å²) < 4.78 is 30.5. The molecule has 0 bridgehead atoms. The van der Waals surface area contributed by atoms with Crippen LogP contribution in [-0.4, -0.2) is 13.0 Å². The lowest BCUT2D eigenvalue weighted by molar-refractivity contribution is 0.482. The first-order chi connectivity index (χ1) is 5.84. The van der Waals surface area contributed by atoms with Gasteiger partial charge in [0.2, 0.25) is 0 Å². The highest BCUT2D eigenvalue weighted by Gasteiger charge is 2.18. The van der Waals surface area contributed by atoms with E-state index in [0.717, 1.165) is 0 Å². The lowest BCUT2D eigenvalue weighted by Gasteiger charge is -2.06. The van der Waals surface area contributed by atoms with E-state index in [-0.39, 0.29) is 15.6 Å². The fourth-order valence-corrected chi connectivity index (χ4v) is 2.31. The molecular weight excluding hydrogens is 214 g/mol. The van der Waals surface area contributed by atoms with E-state index >= 15 is 0 Å². The Balaban J connectivity index is 3.62. The molecule has 0 aliphatic heterocycles. The minimum Gasteiger partial charge on any atom is -0.397 e. The molecule has 13 heavy (non-hydrogen) atoms. The Morgan fingerprint density at radius 1 is 1.46 bits per heavy atom. The third kappa shape index (κ3) is 1.93. The third-order valence-electron chi connectivity index (χ3n) is 1.58. The predicted octanol–water partition coefficient (Wildman–Crippen LogP) is 1.48. The van der Waals surface area contributed by atoms with Crippen molar-refractivity contribution in [1.29, 1.82) is 0 Å². The molecule has 4 nitrogen and oxygen atoms in total. The van der Waals surface area contributed by atoms with Gasteiger partial charge in [-0.25, -0.2) is 0 Å². The van der Waals surface area contributed by atoms with Crippen LogP contribution in [0, 0.1) is 6.92 Å². The molecule has 0 amide bonds. The van der Waals surface area contributed by atoms with Gasteiger partial charge in [-0.05, 0) is 18.6 Å². The maximum atomic E-state index is 10.8. The second-order valence-corrected chi connectivity index (χ2v) is 4.33. The first kappa shape index (κ1) is 10.3. The van der Waals surface area contributed by atoms with Crippen LogP contribution in [0.2, 0.25) is 5.02 Å². The van der Waals surface area contributed by atoms with Crippen LogP contribution in [-0.2, 0) is 10.1 Å². The number of aryl methyl sites for hydroxylation is 1. The Hall–Kier alpha value is -0.780. The van der Waals surface area contributed by atoms with E-state index in [0.29, 0.717) is 5.56 Å². The Kier molecular flexibility index (Phi) is 2.51. The molecule has 1 rings (SSSR count). The van der Waals surface area contributed by atoms with Crippen molar-refractivity contribution in [1.82, 2.24) is 0 Å². The molecule has 0 saturated heterocycles. The quantitative estimate of drug-likeness (QED) is 0.556.